The maximum absolute atomic E-state index is 5.97. The van der Waals surface area contributed by atoms with Gasteiger partial charge in [0.25, 0.3) is 0 Å². The number of fused-ring (bicyclic) bond motifs is 4. The first kappa shape index (κ1) is 20.9. The van der Waals surface area contributed by atoms with Crippen molar-refractivity contribution in [3.63, 3.8) is 0 Å². The molecule has 30 heavy (non-hydrogen) atoms. The van der Waals surface area contributed by atoms with Crippen LogP contribution in [0.4, 0.5) is 0 Å². The molecule has 0 aromatic heterocycles. The van der Waals surface area contributed by atoms with Gasteiger partial charge in [-0.1, -0.05) is 24.3 Å². The first-order valence-corrected chi connectivity index (χ1v) is 12.6. The third-order valence-corrected chi connectivity index (χ3v) is 8.21. The van der Waals surface area contributed by atoms with Crippen molar-refractivity contribution < 1.29 is 9.47 Å². The average molecular weight is 413 g/mol. The van der Waals surface area contributed by atoms with Gasteiger partial charge in [0.1, 0.15) is 0 Å². The van der Waals surface area contributed by atoms with Crippen molar-refractivity contribution in [3.8, 4) is 0 Å². The first-order chi connectivity index (χ1) is 14.7. The number of nitrogens with zero attached hydrogens (tertiary/aromatic N) is 2. The molecule has 4 nitrogen and oxygen atoms in total. The monoisotopic (exact) mass is 412 g/mol. The summed E-state index contributed by atoms with van der Waals surface area (Å²) in [6.07, 6.45) is 11.3. The quantitative estimate of drug-likeness (QED) is 0.615. The Bertz CT molecular complexity index is 627. The zero-order valence-electron chi connectivity index (χ0n) is 19.0. The van der Waals surface area contributed by atoms with Crippen molar-refractivity contribution in [2.45, 2.75) is 115 Å². The Kier molecular flexibility index (Phi) is 6.47. The summed E-state index contributed by atoms with van der Waals surface area (Å²) in [6.45, 7) is 8.20. The molecule has 4 saturated heterocycles. The lowest BCUT2D eigenvalue weighted by Gasteiger charge is -2.39. The molecule has 166 valence electrons. The highest BCUT2D eigenvalue weighted by molar-refractivity contribution is 5.24. The summed E-state index contributed by atoms with van der Waals surface area (Å²) in [5.74, 6) is 0. The van der Waals surface area contributed by atoms with Gasteiger partial charge in [0.05, 0.1) is 12.2 Å². The Hall–Kier alpha value is -0.940. The van der Waals surface area contributed by atoms with Crippen LogP contribution < -0.4 is 0 Å². The van der Waals surface area contributed by atoms with Crippen molar-refractivity contribution in [3.05, 3.63) is 35.4 Å². The van der Waals surface area contributed by atoms with E-state index in [4.69, 9.17) is 9.47 Å². The summed E-state index contributed by atoms with van der Waals surface area (Å²) in [5, 5.41) is 0. The molecule has 0 N–H and O–H groups in total. The predicted octanol–water partition coefficient (Wildman–Crippen LogP) is 4.75. The van der Waals surface area contributed by atoms with E-state index in [0.717, 1.165) is 50.5 Å². The van der Waals surface area contributed by atoms with E-state index in [2.05, 4.69) is 47.9 Å². The van der Waals surface area contributed by atoms with Gasteiger partial charge in [-0.25, -0.2) is 0 Å². The van der Waals surface area contributed by atoms with Gasteiger partial charge < -0.3 is 9.47 Å². The Balaban J connectivity index is 1.21. The van der Waals surface area contributed by atoms with Gasteiger partial charge >= 0.3 is 0 Å². The van der Waals surface area contributed by atoms with E-state index < -0.39 is 0 Å². The SMILES string of the molecule is CCOC1CC2CCC(C1)N2Cc1cccc(CN2C3CCC2CC(OCC)C3)c1. The highest BCUT2D eigenvalue weighted by Crippen LogP contribution is 2.39. The summed E-state index contributed by atoms with van der Waals surface area (Å²) in [6, 6.07) is 12.3. The molecular formula is C26H40N2O2. The number of piperidine rings is 2. The van der Waals surface area contributed by atoms with Gasteiger partial charge in [-0.2, -0.15) is 0 Å². The van der Waals surface area contributed by atoms with Crippen molar-refractivity contribution >= 4 is 0 Å². The molecular weight excluding hydrogens is 372 g/mol. The minimum Gasteiger partial charge on any atom is -0.378 e. The highest BCUT2D eigenvalue weighted by atomic mass is 16.5. The van der Waals surface area contributed by atoms with Crippen LogP contribution >= 0.6 is 0 Å². The summed E-state index contributed by atoms with van der Waals surface area (Å²) >= 11 is 0. The second-order valence-electron chi connectivity index (χ2n) is 10.0. The lowest BCUT2D eigenvalue weighted by Crippen LogP contribution is -2.45. The van der Waals surface area contributed by atoms with E-state index in [9.17, 15) is 0 Å². The van der Waals surface area contributed by atoms with E-state index in [1.165, 1.54) is 62.5 Å². The molecule has 4 aliphatic rings. The fourth-order valence-corrected chi connectivity index (χ4v) is 6.96. The first-order valence-electron chi connectivity index (χ1n) is 12.6. The lowest BCUT2D eigenvalue weighted by molar-refractivity contribution is -0.0178. The number of rotatable bonds is 8. The average Bonchev–Trinajstić information content (AvgIpc) is 3.10. The molecule has 4 aliphatic heterocycles. The summed E-state index contributed by atoms with van der Waals surface area (Å²) < 4.78 is 11.9. The van der Waals surface area contributed by atoms with E-state index in [0.29, 0.717) is 12.2 Å². The normalized spacial score (nSPS) is 36.5. The van der Waals surface area contributed by atoms with Crippen LogP contribution in [-0.2, 0) is 22.6 Å². The molecule has 4 fully saturated rings. The topological polar surface area (TPSA) is 24.9 Å². The van der Waals surface area contributed by atoms with Crippen LogP contribution in [0, 0.1) is 0 Å². The third-order valence-electron chi connectivity index (χ3n) is 8.21. The number of hydrogen-bond donors (Lipinski definition) is 0. The van der Waals surface area contributed by atoms with Gasteiger partial charge in [-0.3, -0.25) is 9.80 Å². The third kappa shape index (κ3) is 4.34. The van der Waals surface area contributed by atoms with Crippen LogP contribution in [0.15, 0.2) is 24.3 Å². The zero-order valence-corrected chi connectivity index (χ0v) is 19.0. The van der Waals surface area contributed by atoms with Gasteiger partial charge in [0.15, 0.2) is 0 Å². The van der Waals surface area contributed by atoms with E-state index in [1.807, 2.05) is 0 Å². The van der Waals surface area contributed by atoms with Gasteiger partial charge in [-0.05, 0) is 76.3 Å². The molecule has 0 amide bonds. The predicted molar refractivity (Wildman–Crippen MR) is 120 cm³/mol. The molecule has 4 heteroatoms. The maximum Gasteiger partial charge on any atom is 0.0604 e. The van der Waals surface area contributed by atoms with Crippen LogP contribution in [-0.4, -0.2) is 59.4 Å². The van der Waals surface area contributed by atoms with E-state index in [-0.39, 0.29) is 0 Å². The maximum atomic E-state index is 5.97. The number of ether oxygens (including phenoxy) is 2. The molecule has 4 unspecified atom stereocenters. The fourth-order valence-electron chi connectivity index (χ4n) is 6.96. The minimum atomic E-state index is 0.491. The Morgan fingerprint density at radius 3 is 1.47 bits per heavy atom. The summed E-state index contributed by atoms with van der Waals surface area (Å²) in [5.41, 5.74) is 2.99. The van der Waals surface area contributed by atoms with E-state index >= 15 is 0 Å². The van der Waals surface area contributed by atoms with E-state index in [1.54, 1.807) is 0 Å². The summed E-state index contributed by atoms with van der Waals surface area (Å²) in [7, 11) is 0. The van der Waals surface area contributed by atoms with Crippen LogP contribution in [0.3, 0.4) is 0 Å². The highest BCUT2D eigenvalue weighted by Gasteiger charge is 2.42. The fraction of sp³-hybridized carbons (Fsp3) is 0.769. The van der Waals surface area contributed by atoms with Crippen molar-refractivity contribution in [2.75, 3.05) is 13.2 Å². The smallest absolute Gasteiger partial charge is 0.0604 e. The van der Waals surface area contributed by atoms with Crippen LogP contribution in [0.25, 0.3) is 0 Å². The van der Waals surface area contributed by atoms with Crippen molar-refractivity contribution in [1.29, 1.82) is 0 Å². The molecule has 0 spiro atoms. The van der Waals surface area contributed by atoms with Crippen molar-refractivity contribution in [1.82, 2.24) is 9.80 Å². The van der Waals surface area contributed by atoms with Crippen LogP contribution in [0.5, 0.6) is 0 Å². The second-order valence-corrected chi connectivity index (χ2v) is 10.0. The summed E-state index contributed by atoms with van der Waals surface area (Å²) in [4.78, 5) is 5.57. The molecule has 0 saturated carbocycles. The molecule has 0 aliphatic carbocycles. The van der Waals surface area contributed by atoms with Gasteiger partial charge in [-0.15, -0.1) is 0 Å². The minimum absolute atomic E-state index is 0.491. The van der Waals surface area contributed by atoms with Crippen LogP contribution in [0.2, 0.25) is 0 Å². The Labute approximate surface area is 182 Å². The Morgan fingerprint density at radius 2 is 1.10 bits per heavy atom. The molecule has 4 atom stereocenters. The number of benzene rings is 1. The standard InChI is InChI=1S/C26H40N2O2/c1-3-29-25-13-21-8-9-22(14-25)27(21)17-19-6-5-7-20(12-19)18-28-23-10-11-24(28)16-26(15-23)30-4-2/h5-7,12,21-26H,3-4,8-11,13-18H2,1-2H3. The second kappa shape index (κ2) is 9.28. The molecule has 1 aromatic rings. The lowest BCUT2D eigenvalue weighted by atomic mass is 9.97. The largest absolute Gasteiger partial charge is 0.378 e. The molecule has 5 rings (SSSR count). The Morgan fingerprint density at radius 1 is 0.700 bits per heavy atom. The molecule has 0 radical (unpaired) electrons. The van der Waals surface area contributed by atoms with Crippen LogP contribution in [0.1, 0.15) is 76.3 Å². The number of hydrogen-bond acceptors (Lipinski definition) is 4. The molecule has 4 heterocycles. The van der Waals surface area contributed by atoms with Gasteiger partial charge in [0, 0.05) is 50.5 Å². The molecule has 1 aromatic carbocycles. The van der Waals surface area contributed by atoms with Crippen molar-refractivity contribution in [2.24, 2.45) is 0 Å². The zero-order chi connectivity index (χ0) is 20.5. The van der Waals surface area contributed by atoms with Gasteiger partial charge in [0.2, 0.25) is 0 Å². The molecule has 4 bridgehead atoms.